The number of phenolic OH excluding ortho intramolecular Hbond substituents is 1. The van der Waals surface area contributed by atoms with Crippen molar-refractivity contribution in [3.8, 4) is 41.2 Å². The van der Waals surface area contributed by atoms with Gasteiger partial charge in [0.2, 0.25) is 5.88 Å². The molecule has 0 unspecified atom stereocenters. The molecular weight excluding hydrogens is 621 g/mol. The lowest BCUT2D eigenvalue weighted by molar-refractivity contribution is 0.0974. The van der Waals surface area contributed by atoms with E-state index in [1.54, 1.807) is 0 Å². The van der Waals surface area contributed by atoms with E-state index in [9.17, 15) is 13.9 Å². The van der Waals surface area contributed by atoms with Crippen LogP contribution in [0.15, 0.2) is 24.3 Å². The van der Waals surface area contributed by atoms with Crippen molar-refractivity contribution in [3.63, 3.8) is 0 Å². The predicted octanol–water partition coefficient (Wildman–Crippen LogP) is 5.35. The first-order valence-corrected chi connectivity index (χ1v) is 16.7. The van der Waals surface area contributed by atoms with Gasteiger partial charge in [0.25, 0.3) is 0 Å². The number of pyridine rings is 1. The molecule has 2 aromatic heterocycles. The molecule has 1 aliphatic carbocycles. The van der Waals surface area contributed by atoms with E-state index >= 15 is 4.39 Å². The molecule has 48 heavy (non-hydrogen) atoms. The fourth-order valence-corrected chi connectivity index (χ4v) is 7.71. The van der Waals surface area contributed by atoms with Crippen molar-refractivity contribution in [2.75, 3.05) is 50.8 Å². The number of hydrogen-bond acceptors (Lipinski definition) is 9. The number of rotatable bonds is 7. The minimum atomic E-state index is -0.811. The Morgan fingerprint density at radius 1 is 1.17 bits per heavy atom. The summed E-state index contributed by atoms with van der Waals surface area (Å²) in [6.45, 7) is 5.99. The summed E-state index contributed by atoms with van der Waals surface area (Å²) in [6, 6.07) is 5.44. The van der Waals surface area contributed by atoms with Crippen LogP contribution < -0.4 is 19.7 Å². The zero-order chi connectivity index (χ0) is 33.2. The van der Waals surface area contributed by atoms with E-state index in [0.29, 0.717) is 49.3 Å². The molecule has 0 amide bonds. The molecule has 2 aromatic carbocycles. The molecule has 3 aliphatic heterocycles. The normalized spacial score (nSPS) is 23.3. The molecule has 0 radical (unpaired) electrons. The SMILES string of the molecule is C#Cc1c(F)ccc2cc(O)cc(-c3nc4c5c(nc(OCC6(CN7CCC[C@@H](F)C7)CC6)nc5c3F)N3CCN[C@@H](CC)[C@H]3CO4)c12. The lowest BCUT2D eigenvalue weighted by atomic mass is 9.95. The number of piperazine rings is 1. The number of anilines is 1. The number of aromatic hydroxyl groups is 1. The largest absolute Gasteiger partial charge is 0.508 e. The number of aromatic nitrogens is 3. The predicted molar refractivity (Wildman–Crippen MR) is 176 cm³/mol. The first kappa shape index (κ1) is 31.0. The van der Waals surface area contributed by atoms with E-state index in [0.717, 1.165) is 38.8 Å². The number of nitrogens with one attached hydrogen (secondary N) is 1. The molecule has 250 valence electrons. The summed E-state index contributed by atoms with van der Waals surface area (Å²) in [5, 5.41) is 15.2. The monoisotopic (exact) mass is 658 g/mol. The van der Waals surface area contributed by atoms with E-state index in [-0.39, 0.29) is 69.5 Å². The molecule has 2 N–H and O–H groups in total. The fraction of sp³-hybridized carbons (Fsp3) is 0.472. The summed E-state index contributed by atoms with van der Waals surface area (Å²) in [5.41, 5.74) is -0.344. The number of benzene rings is 2. The number of fused-ring (bicyclic) bond motifs is 3. The van der Waals surface area contributed by atoms with Crippen molar-refractivity contribution in [2.45, 2.75) is 57.3 Å². The number of piperidine rings is 1. The number of nitrogens with zero attached hydrogens (tertiary/aromatic N) is 5. The zero-order valence-electron chi connectivity index (χ0n) is 26.7. The number of terminal acetylenes is 1. The Kier molecular flexibility index (Phi) is 7.72. The molecule has 12 heteroatoms. The summed E-state index contributed by atoms with van der Waals surface area (Å²) >= 11 is 0. The first-order valence-electron chi connectivity index (χ1n) is 16.7. The summed E-state index contributed by atoms with van der Waals surface area (Å²) < 4.78 is 58.8. The Labute approximate surface area is 276 Å². The highest BCUT2D eigenvalue weighted by Crippen LogP contribution is 2.48. The van der Waals surface area contributed by atoms with Crippen LogP contribution in [0, 0.1) is 29.4 Å². The van der Waals surface area contributed by atoms with Crippen LogP contribution in [0.4, 0.5) is 19.0 Å². The highest BCUT2D eigenvalue weighted by Gasteiger charge is 2.46. The minimum absolute atomic E-state index is 0.0242. The molecular formula is C36H37F3N6O3. The van der Waals surface area contributed by atoms with Crippen LogP contribution in [0.25, 0.3) is 32.9 Å². The van der Waals surface area contributed by atoms with Crippen LogP contribution in [0.3, 0.4) is 0 Å². The maximum atomic E-state index is 17.0. The molecule has 1 saturated carbocycles. The van der Waals surface area contributed by atoms with Crippen molar-refractivity contribution in [3.05, 3.63) is 41.5 Å². The van der Waals surface area contributed by atoms with E-state index in [1.807, 2.05) is 0 Å². The Morgan fingerprint density at radius 2 is 2.02 bits per heavy atom. The van der Waals surface area contributed by atoms with Gasteiger partial charge in [0.05, 0.1) is 18.2 Å². The molecule has 4 aromatic rings. The summed E-state index contributed by atoms with van der Waals surface area (Å²) in [6.07, 6.45) is 9.07. The van der Waals surface area contributed by atoms with Gasteiger partial charge in [0, 0.05) is 48.6 Å². The molecule has 0 bridgehead atoms. The fourth-order valence-electron chi connectivity index (χ4n) is 7.71. The molecule has 8 rings (SSSR count). The third kappa shape index (κ3) is 5.33. The van der Waals surface area contributed by atoms with E-state index in [1.165, 1.54) is 24.3 Å². The van der Waals surface area contributed by atoms with Crippen molar-refractivity contribution in [1.82, 2.24) is 25.2 Å². The van der Waals surface area contributed by atoms with Gasteiger partial charge in [-0.15, -0.1) is 6.42 Å². The van der Waals surface area contributed by atoms with Crippen molar-refractivity contribution < 1.29 is 27.8 Å². The lowest BCUT2D eigenvalue weighted by Gasteiger charge is -2.41. The third-order valence-electron chi connectivity index (χ3n) is 10.4. The Hall–Kier alpha value is -4.34. The first-order chi connectivity index (χ1) is 23.3. The van der Waals surface area contributed by atoms with E-state index in [4.69, 9.17) is 20.9 Å². The van der Waals surface area contributed by atoms with Crippen molar-refractivity contribution in [1.29, 1.82) is 0 Å². The van der Waals surface area contributed by atoms with Crippen LogP contribution in [0.2, 0.25) is 0 Å². The van der Waals surface area contributed by atoms with Crippen LogP contribution >= 0.6 is 0 Å². The molecule has 5 heterocycles. The Balaban J connectivity index is 1.26. The van der Waals surface area contributed by atoms with E-state index in [2.05, 4.69) is 37.9 Å². The maximum absolute atomic E-state index is 17.0. The van der Waals surface area contributed by atoms with Gasteiger partial charge in [-0.05, 0) is 62.2 Å². The van der Waals surface area contributed by atoms with Crippen molar-refractivity contribution in [2.24, 2.45) is 5.41 Å². The van der Waals surface area contributed by atoms with Gasteiger partial charge in [0.1, 0.15) is 46.8 Å². The highest BCUT2D eigenvalue weighted by molar-refractivity contribution is 6.04. The number of phenols is 1. The maximum Gasteiger partial charge on any atom is 0.319 e. The van der Waals surface area contributed by atoms with Crippen LogP contribution in [-0.4, -0.2) is 89.2 Å². The average Bonchev–Trinajstić information content (AvgIpc) is 3.87. The standard InChI is InChI=1S/C36H37F3N6O3/c1-3-23-25(38)8-7-20-14-22(46)15-24(28(20)23)31-30(39)32-29-33(45-13-11-40-26(4-2)27(45)17-47-34(29)41-31)43-35(42-32)48-19-36(9-10-36)18-44-12-5-6-21(37)16-44/h1,7-8,14-15,21,26-27,40,46H,4-6,9-13,16-19H2,2H3/t21-,26+,27-/m1/s1. The molecule has 2 saturated heterocycles. The number of hydrogen-bond donors (Lipinski definition) is 2. The number of alkyl halides is 1. The zero-order valence-corrected chi connectivity index (χ0v) is 26.7. The van der Waals surface area contributed by atoms with Gasteiger partial charge in [0.15, 0.2) is 5.82 Å². The second-order valence-corrected chi connectivity index (χ2v) is 13.6. The second-order valence-electron chi connectivity index (χ2n) is 13.6. The third-order valence-corrected chi connectivity index (χ3v) is 10.4. The molecule has 3 atom stereocenters. The van der Waals surface area contributed by atoms with Crippen LogP contribution in [-0.2, 0) is 0 Å². The van der Waals surface area contributed by atoms with Crippen molar-refractivity contribution >= 4 is 27.5 Å². The highest BCUT2D eigenvalue weighted by atomic mass is 19.1. The summed E-state index contributed by atoms with van der Waals surface area (Å²) in [5.74, 6) is 1.38. The molecule has 0 spiro atoms. The Bertz CT molecular complexity index is 1960. The smallest absolute Gasteiger partial charge is 0.319 e. The topological polar surface area (TPSA) is 95.9 Å². The Morgan fingerprint density at radius 3 is 2.79 bits per heavy atom. The lowest BCUT2D eigenvalue weighted by Crippen LogP contribution is -2.60. The van der Waals surface area contributed by atoms with Gasteiger partial charge in [-0.2, -0.15) is 9.97 Å². The van der Waals surface area contributed by atoms with Gasteiger partial charge >= 0.3 is 6.01 Å². The quantitative estimate of drug-likeness (QED) is 0.255. The van der Waals surface area contributed by atoms with Gasteiger partial charge in [-0.3, -0.25) is 4.90 Å². The average molecular weight is 659 g/mol. The summed E-state index contributed by atoms with van der Waals surface area (Å²) in [4.78, 5) is 18.4. The number of ether oxygens (including phenoxy) is 2. The second kappa shape index (κ2) is 12.0. The number of halogens is 3. The van der Waals surface area contributed by atoms with Gasteiger partial charge in [-0.25, -0.2) is 18.2 Å². The number of likely N-dealkylation sites (tertiary alicyclic amines) is 1. The molecule has 9 nitrogen and oxygen atoms in total. The van der Waals surface area contributed by atoms with Crippen LogP contribution in [0.1, 0.15) is 44.6 Å². The minimum Gasteiger partial charge on any atom is -0.508 e. The van der Waals surface area contributed by atoms with Gasteiger partial charge < -0.3 is 24.8 Å². The van der Waals surface area contributed by atoms with Gasteiger partial charge in [-0.1, -0.05) is 18.9 Å². The summed E-state index contributed by atoms with van der Waals surface area (Å²) in [7, 11) is 0. The van der Waals surface area contributed by atoms with E-state index < -0.39 is 17.8 Å². The molecule has 4 aliphatic rings. The molecule has 3 fully saturated rings. The van der Waals surface area contributed by atoms with Crippen LogP contribution in [0.5, 0.6) is 17.6 Å².